The zero-order chi connectivity index (χ0) is 5.82. The average molecular weight is 393 g/mol. The second kappa shape index (κ2) is 10.5. The van der Waals surface area contributed by atoms with Gasteiger partial charge in [-0.05, 0) is 12.1 Å². The molecule has 0 heterocycles. The molecule has 0 aromatic heterocycles. The van der Waals surface area contributed by atoms with E-state index in [0.29, 0.717) is 0 Å². The summed E-state index contributed by atoms with van der Waals surface area (Å²) in [5, 5.41) is 0. The Morgan fingerprint density at radius 1 is 1.00 bits per heavy atom. The predicted octanol–water partition coefficient (Wildman–Crippen LogP) is 1.35. The molecular formula is C7H13BiCl2O. The van der Waals surface area contributed by atoms with E-state index in [-0.39, 0.29) is 51.0 Å². The van der Waals surface area contributed by atoms with Crippen LogP contribution in [0.25, 0.3) is 0 Å². The molecule has 1 aromatic carbocycles. The van der Waals surface area contributed by atoms with Gasteiger partial charge >= 0.3 is 26.2 Å². The van der Waals surface area contributed by atoms with Crippen LogP contribution in [0.4, 0.5) is 0 Å². The van der Waals surface area contributed by atoms with Crippen LogP contribution in [-0.2, 0) is 0 Å². The molecule has 0 saturated carbocycles. The fourth-order valence-electron chi connectivity index (χ4n) is 0.557. The molecule has 0 radical (unpaired) electrons. The van der Waals surface area contributed by atoms with Crippen molar-refractivity contribution in [2.24, 2.45) is 0 Å². The van der Waals surface area contributed by atoms with E-state index in [2.05, 4.69) is 0 Å². The van der Waals surface area contributed by atoms with Crippen LogP contribution >= 0.6 is 24.8 Å². The van der Waals surface area contributed by atoms with Crippen LogP contribution < -0.4 is 4.74 Å². The quantitative estimate of drug-likeness (QED) is 0.655. The Labute approximate surface area is 98.5 Å². The SMILES string of the molecule is COc1ccccc1.Cl.Cl.[BiH3]. The van der Waals surface area contributed by atoms with E-state index in [1.807, 2.05) is 30.3 Å². The van der Waals surface area contributed by atoms with Crippen molar-refractivity contribution in [2.75, 3.05) is 7.11 Å². The minimum absolute atomic E-state index is 0. The Morgan fingerprint density at radius 2 is 1.45 bits per heavy atom. The van der Waals surface area contributed by atoms with Crippen molar-refractivity contribution in [2.45, 2.75) is 0 Å². The van der Waals surface area contributed by atoms with Crippen molar-refractivity contribution in [3.63, 3.8) is 0 Å². The van der Waals surface area contributed by atoms with Crippen LogP contribution in [0, 0.1) is 0 Å². The summed E-state index contributed by atoms with van der Waals surface area (Å²) >= 11 is 0. The van der Waals surface area contributed by atoms with Crippen LogP contribution in [-0.4, -0.2) is 33.3 Å². The van der Waals surface area contributed by atoms with Gasteiger partial charge in [0.15, 0.2) is 0 Å². The Balaban J connectivity index is -0.000000213. The van der Waals surface area contributed by atoms with E-state index in [4.69, 9.17) is 4.74 Å². The third-order valence-electron chi connectivity index (χ3n) is 0.979. The summed E-state index contributed by atoms with van der Waals surface area (Å²) in [6.07, 6.45) is 0. The summed E-state index contributed by atoms with van der Waals surface area (Å²) in [5.74, 6) is 0.910. The minimum atomic E-state index is 0. The molecule has 0 aliphatic rings. The second-order valence-electron chi connectivity index (χ2n) is 1.52. The number of hydrogen-bond donors (Lipinski definition) is 0. The summed E-state index contributed by atoms with van der Waals surface area (Å²) in [6, 6.07) is 9.68. The molecule has 0 atom stereocenters. The molecule has 1 rings (SSSR count). The number of halogens is 2. The van der Waals surface area contributed by atoms with Crippen molar-refractivity contribution in [3.05, 3.63) is 30.3 Å². The second-order valence-corrected chi connectivity index (χ2v) is 1.52. The average Bonchev–Trinajstić information content (AvgIpc) is 1.90. The Morgan fingerprint density at radius 3 is 1.73 bits per heavy atom. The maximum absolute atomic E-state index is 4.91. The molecule has 0 bridgehead atoms. The molecule has 1 aromatic rings. The number of para-hydroxylation sites is 1. The van der Waals surface area contributed by atoms with Crippen molar-refractivity contribution in [1.82, 2.24) is 0 Å². The number of rotatable bonds is 1. The van der Waals surface area contributed by atoms with Gasteiger partial charge in [0.05, 0.1) is 7.11 Å². The Kier molecular flexibility index (Phi) is 16.7. The number of ether oxygens (including phenoxy) is 1. The number of methoxy groups -OCH3 is 1. The maximum atomic E-state index is 4.91. The monoisotopic (exact) mass is 392 g/mol. The van der Waals surface area contributed by atoms with E-state index in [0.717, 1.165) is 5.75 Å². The molecule has 66 valence electrons. The fourth-order valence-corrected chi connectivity index (χ4v) is 0.557. The Bertz CT molecular complexity index is 158. The first-order valence-corrected chi connectivity index (χ1v) is 2.52. The predicted molar refractivity (Wildman–Crippen MR) is 57.4 cm³/mol. The topological polar surface area (TPSA) is 9.23 Å². The summed E-state index contributed by atoms with van der Waals surface area (Å²) in [6.45, 7) is 0. The number of benzene rings is 1. The molecule has 0 aliphatic carbocycles. The zero-order valence-corrected chi connectivity index (χ0v) is 13.4. The van der Waals surface area contributed by atoms with Crippen molar-refractivity contribution in [1.29, 1.82) is 0 Å². The van der Waals surface area contributed by atoms with Crippen molar-refractivity contribution in [3.8, 4) is 5.75 Å². The molecule has 0 unspecified atom stereocenters. The molecular weight excluding hydrogens is 380 g/mol. The van der Waals surface area contributed by atoms with E-state index in [9.17, 15) is 0 Å². The van der Waals surface area contributed by atoms with E-state index < -0.39 is 0 Å². The van der Waals surface area contributed by atoms with Crippen LogP contribution in [0.2, 0.25) is 0 Å². The molecule has 1 nitrogen and oxygen atoms in total. The summed E-state index contributed by atoms with van der Waals surface area (Å²) in [4.78, 5) is 0. The first kappa shape index (κ1) is 17.5. The Hall–Kier alpha value is 0.483. The third kappa shape index (κ3) is 6.86. The zero-order valence-electron chi connectivity index (χ0n) is 6.32. The number of hydrogen-bond acceptors (Lipinski definition) is 1. The molecule has 0 saturated heterocycles. The van der Waals surface area contributed by atoms with Crippen LogP contribution in [0.5, 0.6) is 5.75 Å². The van der Waals surface area contributed by atoms with Crippen molar-refractivity contribution < 1.29 is 4.74 Å². The van der Waals surface area contributed by atoms with Gasteiger partial charge in [0.2, 0.25) is 0 Å². The molecule has 11 heavy (non-hydrogen) atoms. The van der Waals surface area contributed by atoms with Gasteiger partial charge in [-0.1, -0.05) is 18.2 Å². The summed E-state index contributed by atoms with van der Waals surface area (Å²) < 4.78 is 4.91. The van der Waals surface area contributed by atoms with E-state index in [1.165, 1.54) is 0 Å². The van der Waals surface area contributed by atoms with Gasteiger partial charge < -0.3 is 4.74 Å². The molecule has 0 amide bonds. The van der Waals surface area contributed by atoms with Gasteiger partial charge in [-0.25, -0.2) is 0 Å². The summed E-state index contributed by atoms with van der Waals surface area (Å²) in [5.41, 5.74) is 0. The normalized spacial score (nSPS) is 6.27. The van der Waals surface area contributed by atoms with Crippen molar-refractivity contribution >= 4 is 51.0 Å². The van der Waals surface area contributed by atoms with Crippen LogP contribution in [0.1, 0.15) is 0 Å². The van der Waals surface area contributed by atoms with Crippen LogP contribution in [0.3, 0.4) is 0 Å². The molecule has 0 N–H and O–H groups in total. The third-order valence-corrected chi connectivity index (χ3v) is 0.979. The van der Waals surface area contributed by atoms with Gasteiger partial charge in [0, 0.05) is 0 Å². The first-order valence-electron chi connectivity index (χ1n) is 2.52. The van der Waals surface area contributed by atoms with E-state index in [1.54, 1.807) is 7.11 Å². The van der Waals surface area contributed by atoms with Gasteiger partial charge in [0.25, 0.3) is 0 Å². The molecule has 4 heteroatoms. The molecule has 0 aliphatic heterocycles. The van der Waals surface area contributed by atoms with Crippen LogP contribution in [0.15, 0.2) is 30.3 Å². The fraction of sp³-hybridized carbons (Fsp3) is 0.143. The van der Waals surface area contributed by atoms with Gasteiger partial charge in [-0.15, -0.1) is 24.8 Å². The van der Waals surface area contributed by atoms with Gasteiger partial charge in [-0.2, -0.15) is 0 Å². The summed E-state index contributed by atoms with van der Waals surface area (Å²) in [7, 11) is 1.66. The molecule has 0 fully saturated rings. The molecule has 0 spiro atoms. The van der Waals surface area contributed by atoms with Gasteiger partial charge in [0.1, 0.15) is 5.75 Å². The first-order chi connectivity index (χ1) is 3.93. The van der Waals surface area contributed by atoms with Gasteiger partial charge in [-0.3, -0.25) is 0 Å². The standard InChI is InChI=1S/C7H8O.Bi.2ClH.3H/c1-8-7-5-3-2-4-6-7;;;;;;/h2-6H,1H3;;2*1H;;;. The van der Waals surface area contributed by atoms with E-state index >= 15 is 0 Å².